The predicted molar refractivity (Wildman–Crippen MR) is 151 cm³/mol. The van der Waals surface area contributed by atoms with Crippen LogP contribution in [0.5, 0.6) is 0 Å². The third kappa shape index (κ3) is 7.50. The first-order valence-electron chi connectivity index (χ1n) is 12.3. The molecule has 0 saturated carbocycles. The van der Waals surface area contributed by atoms with E-state index in [-0.39, 0.29) is 21.5 Å². The second-order valence-electron chi connectivity index (χ2n) is 9.85. The number of aliphatic hydroxyl groups is 1. The van der Waals surface area contributed by atoms with Crippen molar-refractivity contribution >= 4 is 63.5 Å². The van der Waals surface area contributed by atoms with Gasteiger partial charge in [-0.3, -0.25) is 9.59 Å². The molecular weight excluding hydrogens is 689 g/mol. The molecule has 0 unspecified atom stereocenters. The van der Waals surface area contributed by atoms with Gasteiger partial charge in [-0.05, 0) is 32.9 Å². The summed E-state index contributed by atoms with van der Waals surface area (Å²) in [6.45, 7) is 2.90. The van der Waals surface area contributed by atoms with Crippen molar-refractivity contribution < 1.29 is 52.2 Å². The molecule has 17 heteroatoms. The maximum Gasteiger partial charge on any atom is 0.514 e. The van der Waals surface area contributed by atoms with Crippen molar-refractivity contribution in [1.29, 1.82) is 5.26 Å². The van der Waals surface area contributed by atoms with Crippen LogP contribution in [0.3, 0.4) is 0 Å². The summed E-state index contributed by atoms with van der Waals surface area (Å²) in [5.41, 5.74) is -2.31. The standard InChI is InChI=1S/C26H25F2IN6O8/c1-26(2,3)35-21-19(28)15(9-30)7-16(27)20(21)32-24(35)34(18(37)8-29)13-43-25(41)42-12-33-6-4-5-14(10-33)22(38)31-17(11-36)23(39)40/h4-7,10,17,36H,8,11-13H2,1-3H3,(H-,31,38,39,40)/p+1/t17-/m0/s1. The van der Waals surface area contributed by atoms with E-state index in [1.54, 1.807) is 49.4 Å². The minimum absolute atomic E-state index is 0.00177. The van der Waals surface area contributed by atoms with Gasteiger partial charge in [0.2, 0.25) is 11.9 Å². The van der Waals surface area contributed by atoms with Gasteiger partial charge in [-0.1, -0.05) is 22.6 Å². The maximum atomic E-state index is 15.2. The number of hydrogen-bond donors (Lipinski definition) is 3. The average Bonchev–Trinajstić information content (AvgIpc) is 3.38. The van der Waals surface area contributed by atoms with E-state index in [1.165, 1.54) is 33.7 Å². The molecule has 3 rings (SSSR count). The zero-order valence-electron chi connectivity index (χ0n) is 23.0. The number of carboxylic acid groups (broad SMARTS) is 1. The second-order valence-corrected chi connectivity index (χ2v) is 10.6. The highest BCUT2D eigenvalue weighted by Crippen LogP contribution is 2.34. The molecule has 0 bridgehead atoms. The van der Waals surface area contributed by atoms with Crippen LogP contribution in [0.25, 0.3) is 11.0 Å². The van der Waals surface area contributed by atoms with Gasteiger partial charge in [0.1, 0.15) is 22.7 Å². The minimum Gasteiger partial charge on any atom is -0.480 e. The number of nitriles is 1. The number of pyridine rings is 1. The monoisotopic (exact) mass is 715 g/mol. The summed E-state index contributed by atoms with van der Waals surface area (Å²) >= 11 is 1.76. The topological polar surface area (TPSA) is 188 Å². The zero-order valence-corrected chi connectivity index (χ0v) is 25.2. The number of imidazole rings is 1. The number of aliphatic hydroxyl groups excluding tert-OH is 1. The van der Waals surface area contributed by atoms with E-state index in [9.17, 15) is 28.8 Å². The Kier molecular flexibility index (Phi) is 10.5. The van der Waals surface area contributed by atoms with Gasteiger partial charge in [-0.2, -0.15) is 9.83 Å². The summed E-state index contributed by atoms with van der Waals surface area (Å²) in [5, 5.41) is 29.5. The maximum absolute atomic E-state index is 15.2. The fourth-order valence-electron chi connectivity index (χ4n) is 3.82. The third-order valence-electron chi connectivity index (χ3n) is 5.80. The molecule has 2 heterocycles. The predicted octanol–water partition coefficient (Wildman–Crippen LogP) is 1.94. The summed E-state index contributed by atoms with van der Waals surface area (Å²) < 4.78 is 42.6. The highest BCUT2D eigenvalue weighted by Gasteiger charge is 2.32. The first-order valence-corrected chi connectivity index (χ1v) is 13.9. The Labute approximate surface area is 256 Å². The second kappa shape index (κ2) is 13.7. The summed E-state index contributed by atoms with van der Waals surface area (Å²) in [4.78, 5) is 53.7. The minimum atomic E-state index is -1.52. The van der Waals surface area contributed by atoms with Crippen molar-refractivity contribution in [1.82, 2.24) is 14.9 Å². The smallest absolute Gasteiger partial charge is 0.480 e. The van der Waals surface area contributed by atoms with E-state index < -0.39 is 78.3 Å². The molecule has 0 aliphatic carbocycles. The normalized spacial score (nSPS) is 11.9. The number of alkyl halides is 1. The molecular formula is C26H26F2IN6O8+. The number of carboxylic acids is 1. The molecule has 2 aromatic heterocycles. The van der Waals surface area contributed by atoms with Crippen LogP contribution in [0, 0.1) is 23.0 Å². The number of nitrogens with zero attached hydrogens (tertiary/aromatic N) is 5. The number of fused-ring (bicyclic) bond motifs is 1. The number of nitrogens with one attached hydrogen (secondary N) is 1. The van der Waals surface area contributed by atoms with Gasteiger partial charge in [0.25, 0.3) is 12.6 Å². The lowest BCUT2D eigenvalue weighted by Gasteiger charge is -2.29. The first kappa shape index (κ1) is 33.1. The SMILES string of the molecule is CC(C)(C)n1c(N(COC(=O)OC[n+]2cccc(C(=O)N[C@@H](CO)C(=O)O)c2)C(=O)CI)nc2c(F)cc(C#N)c(F)c21. The molecule has 2 amide bonds. The number of amides is 2. The Bertz CT molecular complexity index is 1620. The third-order valence-corrected chi connectivity index (χ3v) is 6.45. The molecule has 0 radical (unpaired) electrons. The molecule has 0 aliphatic heterocycles. The number of aliphatic carboxylic acids is 1. The van der Waals surface area contributed by atoms with Crippen LogP contribution in [0.1, 0.15) is 36.7 Å². The summed E-state index contributed by atoms with van der Waals surface area (Å²) in [7, 11) is 0. The van der Waals surface area contributed by atoms with Crippen LogP contribution in [-0.2, 0) is 31.3 Å². The number of aromatic nitrogens is 3. The Balaban J connectivity index is 1.81. The van der Waals surface area contributed by atoms with Gasteiger partial charge >= 0.3 is 12.1 Å². The molecule has 0 spiro atoms. The van der Waals surface area contributed by atoms with Crippen LogP contribution in [0.2, 0.25) is 0 Å². The summed E-state index contributed by atoms with van der Waals surface area (Å²) in [6, 6.07) is 3.56. The number of rotatable bonds is 10. The molecule has 228 valence electrons. The van der Waals surface area contributed by atoms with Crippen molar-refractivity contribution in [3.05, 3.63) is 53.4 Å². The van der Waals surface area contributed by atoms with Crippen LogP contribution in [0.15, 0.2) is 30.6 Å². The van der Waals surface area contributed by atoms with Gasteiger partial charge in [0.05, 0.1) is 16.6 Å². The van der Waals surface area contributed by atoms with E-state index in [2.05, 4.69) is 10.3 Å². The highest BCUT2D eigenvalue weighted by molar-refractivity contribution is 14.1. The number of halogens is 3. The quantitative estimate of drug-likeness (QED) is 0.0921. The Morgan fingerprint density at radius 3 is 2.56 bits per heavy atom. The van der Waals surface area contributed by atoms with E-state index in [4.69, 9.17) is 19.7 Å². The van der Waals surface area contributed by atoms with Crippen LogP contribution >= 0.6 is 22.6 Å². The largest absolute Gasteiger partial charge is 0.514 e. The van der Waals surface area contributed by atoms with E-state index in [0.717, 1.165) is 4.90 Å². The van der Waals surface area contributed by atoms with Gasteiger partial charge in [-0.15, -0.1) is 0 Å². The molecule has 3 N–H and O–H groups in total. The van der Waals surface area contributed by atoms with E-state index >= 15 is 4.39 Å². The number of ether oxygens (including phenoxy) is 2. The molecule has 0 fully saturated rings. The van der Waals surface area contributed by atoms with Crippen LogP contribution in [0.4, 0.5) is 19.5 Å². The van der Waals surface area contributed by atoms with Crippen LogP contribution in [-0.4, -0.2) is 67.5 Å². The molecule has 1 aromatic carbocycles. The summed E-state index contributed by atoms with van der Waals surface area (Å²) in [6.07, 6.45) is 1.43. The number of hydrogen-bond acceptors (Lipinski definition) is 9. The zero-order chi connectivity index (χ0) is 32.1. The van der Waals surface area contributed by atoms with E-state index in [1.807, 2.05) is 0 Å². The molecule has 1 atom stereocenters. The van der Waals surface area contributed by atoms with Gasteiger partial charge in [-0.25, -0.2) is 28.3 Å². The number of carbonyl (C=O) groups excluding carboxylic acids is 3. The van der Waals surface area contributed by atoms with E-state index in [0.29, 0.717) is 6.07 Å². The molecule has 0 saturated heterocycles. The van der Waals surface area contributed by atoms with Crippen molar-refractivity contribution in [3.63, 3.8) is 0 Å². The highest BCUT2D eigenvalue weighted by atomic mass is 127. The Hall–Kier alpha value is -4.44. The van der Waals surface area contributed by atoms with Crippen LogP contribution < -0.4 is 14.8 Å². The van der Waals surface area contributed by atoms with Crippen molar-refractivity contribution in [2.45, 2.75) is 39.1 Å². The van der Waals surface area contributed by atoms with Gasteiger partial charge in [0, 0.05) is 11.6 Å². The van der Waals surface area contributed by atoms with Crippen molar-refractivity contribution in [2.24, 2.45) is 0 Å². The Morgan fingerprint density at radius 1 is 1.28 bits per heavy atom. The molecule has 3 aromatic rings. The lowest BCUT2D eigenvalue weighted by molar-refractivity contribution is -0.727. The molecule has 43 heavy (non-hydrogen) atoms. The molecule has 14 nitrogen and oxygen atoms in total. The fraction of sp³-hybridized carbons (Fsp3) is 0.346. The first-order chi connectivity index (χ1) is 20.2. The number of carbonyl (C=O) groups is 4. The van der Waals surface area contributed by atoms with Crippen molar-refractivity contribution in [2.75, 3.05) is 22.7 Å². The van der Waals surface area contributed by atoms with Gasteiger partial charge < -0.3 is 29.6 Å². The fourth-order valence-corrected chi connectivity index (χ4v) is 4.24. The van der Waals surface area contributed by atoms with Crippen molar-refractivity contribution in [3.8, 4) is 6.07 Å². The number of anilines is 1. The average molecular weight is 715 g/mol. The Morgan fingerprint density at radius 2 is 1.98 bits per heavy atom. The number of benzene rings is 1. The molecule has 0 aliphatic rings. The lowest BCUT2D eigenvalue weighted by Crippen LogP contribution is -2.44. The van der Waals surface area contributed by atoms with Gasteiger partial charge in [0.15, 0.2) is 36.8 Å². The summed E-state index contributed by atoms with van der Waals surface area (Å²) in [5.74, 6) is -5.10. The lowest BCUT2D eigenvalue weighted by atomic mass is 10.1.